The van der Waals surface area contributed by atoms with Gasteiger partial charge in [-0.1, -0.05) is 24.6 Å². The van der Waals surface area contributed by atoms with Gasteiger partial charge in [-0.15, -0.1) is 8.86 Å². The second-order valence-electron chi connectivity index (χ2n) is 5.05. The molecule has 1 aliphatic heterocycles. The Kier molecular flexibility index (Phi) is 2.61. The van der Waals surface area contributed by atoms with Crippen LogP contribution in [0.4, 0.5) is 0 Å². The summed E-state index contributed by atoms with van der Waals surface area (Å²) >= 11 is 0. The number of hydrogen-bond acceptors (Lipinski definition) is 0. The van der Waals surface area contributed by atoms with Crippen molar-refractivity contribution in [3.8, 4) is 0 Å². The van der Waals surface area contributed by atoms with Crippen LogP contribution in [0.2, 0.25) is 0 Å². The summed E-state index contributed by atoms with van der Waals surface area (Å²) < 4.78 is 0. The van der Waals surface area contributed by atoms with E-state index in [1.165, 1.54) is 41.4 Å². The van der Waals surface area contributed by atoms with E-state index in [4.69, 9.17) is 0 Å². The molecule has 2 heteroatoms. The maximum absolute atomic E-state index is 3.83. The van der Waals surface area contributed by atoms with Gasteiger partial charge >= 0.3 is 0 Å². The molecule has 0 atom stereocenters. The van der Waals surface area contributed by atoms with E-state index >= 15 is 0 Å². The van der Waals surface area contributed by atoms with Gasteiger partial charge in [-0.05, 0) is 36.5 Å². The van der Waals surface area contributed by atoms with Crippen molar-refractivity contribution in [3.63, 3.8) is 0 Å². The van der Waals surface area contributed by atoms with E-state index < -0.39 is 0 Å². The van der Waals surface area contributed by atoms with Crippen LogP contribution in [0.25, 0.3) is 0 Å². The molecule has 1 fully saturated rings. The Bertz CT molecular complexity index is 434. The second kappa shape index (κ2) is 3.98. The van der Waals surface area contributed by atoms with Gasteiger partial charge in [0.25, 0.3) is 0 Å². The molecule has 1 aromatic rings. The number of fused-ring (bicyclic) bond motifs is 1. The fourth-order valence-electron chi connectivity index (χ4n) is 2.76. The third-order valence-electron chi connectivity index (χ3n) is 4.05. The van der Waals surface area contributed by atoms with E-state index in [0.29, 0.717) is 0 Å². The molecule has 1 saturated carbocycles. The first-order valence-electron chi connectivity index (χ1n) is 6.17. The summed E-state index contributed by atoms with van der Waals surface area (Å²) in [5, 5.41) is 0. The van der Waals surface area contributed by atoms with E-state index in [9.17, 15) is 0 Å². The molecule has 1 aliphatic carbocycles. The summed E-state index contributed by atoms with van der Waals surface area (Å²) in [5.41, 5.74) is 5.87. The maximum Gasteiger partial charge on any atom is 0.0287 e. The molecule has 0 saturated heterocycles. The van der Waals surface area contributed by atoms with Crippen LogP contribution in [-0.4, -0.2) is 16.4 Å². The van der Waals surface area contributed by atoms with Crippen LogP contribution in [0.1, 0.15) is 36.0 Å². The highest BCUT2D eigenvalue weighted by molar-refractivity contribution is 7.20. The van der Waals surface area contributed by atoms with E-state index in [1.807, 2.05) is 0 Å². The predicted octanol–water partition coefficient (Wildman–Crippen LogP) is 3.18. The molecule has 16 heavy (non-hydrogen) atoms. The van der Waals surface area contributed by atoms with Crippen molar-refractivity contribution in [1.29, 1.82) is 0 Å². The van der Waals surface area contributed by atoms with Gasteiger partial charge in [-0.25, -0.2) is 0 Å². The third-order valence-corrected chi connectivity index (χ3v) is 4.52. The lowest BCUT2D eigenvalue weighted by Crippen LogP contribution is -2.45. The summed E-state index contributed by atoms with van der Waals surface area (Å²) in [4.78, 5) is 2.56. The van der Waals surface area contributed by atoms with Gasteiger partial charge in [0, 0.05) is 24.4 Å². The summed E-state index contributed by atoms with van der Waals surface area (Å²) in [6.07, 6.45) is 5.22. The van der Waals surface area contributed by atoms with Crippen LogP contribution >= 0.6 is 8.86 Å². The molecule has 0 N–H and O–H groups in total. The Morgan fingerprint density at radius 2 is 2.12 bits per heavy atom. The van der Waals surface area contributed by atoms with Gasteiger partial charge in [0.2, 0.25) is 0 Å². The Labute approximate surface area is 99.7 Å². The lowest BCUT2D eigenvalue weighted by atomic mass is 9.87. The van der Waals surface area contributed by atoms with Crippen LogP contribution in [0.15, 0.2) is 18.2 Å². The highest BCUT2D eigenvalue weighted by Gasteiger charge is 2.30. The molecule has 0 unspecified atom stereocenters. The van der Waals surface area contributed by atoms with E-state index in [0.717, 1.165) is 19.0 Å². The average molecular weight is 231 g/mol. The van der Waals surface area contributed by atoms with Crippen molar-refractivity contribution in [2.24, 2.45) is 0 Å². The molecule has 3 rings (SSSR count). The molecule has 1 heterocycles. The van der Waals surface area contributed by atoms with Crippen LogP contribution in [0.3, 0.4) is 0 Å². The molecule has 0 bridgehead atoms. The van der Waals surface area contributed by atoms with Crippen LogP contribution in [-0.2, 0) is 13.0 Å². The molecule has 84 valence electrons. The zero-order valence-corrected chi connectivity index (χ0v) is 10.8. The van der Waals surface area contributed by atoms with Crippen LogP contribution in [0, 0.1) is 6.92 Å². The Balaban J connectivity index is 1.92. The molecular formula is C14H18NP. The van der Waals surface area contributed by atoms with Crippen molar-refractivity contribution >= 4 is 14.3 Å². The third kappa shape index (κ3) is 1.63. The summed E-state index contributed by atoms with van der Waals surface area (Å²) in [7, 11) is 3.83. The van der Waals surface area contributed by atoms with Gasteiger partial charge in [0.05, 0.1) is 0 Å². The number of rotatable bonds is 1. The maximum atomic E-state index is 3.83. The number of nitrogens with zero attached hydrogens (tertiary/aromatic N) is 1. The SMILES string of the molecule is Cc1cccc2c1CC(=P)N(C1CCC1)C2. The normalized spacial score (nSPS) is 21.7. The number of aryl methyl sites for hydroxylation is 1. The topological polar surface area (TPSA) is 3.24 Å². The molecular weight excluding hydrogens is 213 g/mol. The highest BCUT2D eigenvalue weighted by Crippen LogP contribution is 2.32. The van der Waals surface area contributed by atoms with Crippen molar-refractivity contribution in [3.05, 3.63) is 34.9 Å². The minimum Gasteiger partial charge on any atom is -0.267 e. The second-order valence-corrected chi connectivity index (χ2v) is 5.63. The Hall–Kier alpha value is -0.650. The molecule has 0 radical (unpaired) electrons. The largest absolute Gasteiger partial charge is 0.267 e. The van der Waals surface area contributed by atoms with Crippen molar-refractivity contribution in [2.75, 3.05) is 0 Å². The van der Waals surface area contributed by atoms with Crippen molar-refractivity contribution in [2.45, 2.75) is 45.2 Å². The average Bonchev–Trinajstić information content (AvgIpc) is 2.18. The minimum absolute atomic E-state index is 0.793. The standard InChI is InChI=1S/C14H18NP/c1-10-4-2-5-11-9-15(12-6-3-7-12)14(16)8-13(10)11/h2,4-5,12,16H,3,6-9H2,1H3. The van der Waals surface area contributed by atoms with Crippen molar-refractivity contribution in [1.82, 2.24) is 4.90 Å². The molecule has 2 aliphatic rings. The van der Waals surface area contributed by atoms with Gasteiger partial charge in [-0.3, -0.25) is 4.90 Å². The van der Waals surface area contributed by atoms with Gasteiger partial charge in [-0.2, -0.15) is 0 Å². The fraction of sp³-hybridized carbons (Fsp3) is 0.500. The molecule has 1 aromatic carbocycles. The van der Waals surface area contributed by atoms with Gasteiger partial charge in [0.15, 0.2) is 0 Å². The lowest BCUT2D eigenvalue weighted by molar-refractivity contribution is 0.199. The smallest absolute Gasteiger partial charge is 0.0287 e. The van der Waals surface area contributed by atoms with Crippen LogP contribution < -0.4 is 0 Å². The summed E-state index contributed by atoms with van der Waals surface area (Å²) in [5.74, 6) is 0. The molecule has 0 amide bonds. The Morgan fingerprint density at radius 3 is 2.81 bits per heavy atom. The highest BCUT2D eigenvalue weighted by atomic mass is 31.0. The first-order chi connectivity index (χ1) is 7.75. The minimum atomic E-state index is 0.793. The van der Waals surface area contributed by atoms with Crippen LogP contribution in [0.5, 0.6) is 0 Å². The summed E-state index contributed by atoms with van der Waals surface area (Å²) in [6.45, 7) is 3.32. The zero-order chi connectivity index (χ0) is 11.1. The predicted molar refractivity (Wildman–Crippen MR) is 71.4 cm³/mol. The zero-order valence-electron chi connectivity index (χ0n) is 9.79. The van der Waals surface area contributed by atoms with Gasteiger partial charge < -0.3 is 0 Å². The summed E-state index contributed by atoms with van der Waals surface area (Å²) in [6, 6.07) is 7.48. The first kappa shape index (κ1) is 10.5. The number of hydrogen-bond donors (Lipinski definition) is 0. The van der Waals surface area contributed by atoms with E-state index in [2.05, 4.69) is 38.9 Å². The molecule has 1 nitrogen and oxygen atoms in total. The van der Waals surface area contributed by atoms with E-state index in [1.54, 1.807) is 0 Å². The molecule has 0 aromatic heterocycles. The fourth-order valence-corrected chi connectivity index (χ4v) is 3.20. The van der Waals surface area contributed by atoms with Crippen molar-refractivity contribution < 1.29 is 0 Å². The quantitative estimate of drug-likeness (QED) is 0.671. The Morgan fingerprint density at radius 1 is 1.31 bits per heavy atom. The number of benzene rings is 1. The lowest BCUT2D eigenvalue weighted by Gasteiger charge is -2.41. The first-order valence-corrected chi connectivity index (χ1v) is 6.67. The molecule has 0 spiro atoms. The monoisotopic (exact) mass is 231 g/mol. The van der Waals surface area contributed by atoms with Gasteiger partial charge in [0.1, 0.15) is 0 Å². The van der Waals surface area contributed by atoms with E-state index in [-0.39, 0.29) is 0 Å².